The lowest BCUT2D eigenvalue weighted by Gasteiger charge is -2.37. The molecule has 0 fully saturated rings. The van der Waals surface area contributed by atoms with Gasteiger partial charge in [-0.25, -0.2) is 0 Å². The fraction of sp³-hybridized carbons (Fsp3) is 0.929. The summed E-state index contributed by atoms with van der Waals surface area (Å²) in [5, 5.41) is 9.41. The van der Waals surface area contributed by atoms with Gasteiger partial charge in [0.2, 0.25) is 0 Å². The summed E-state index contributed by atoms with van der Waals surface area (Å²) in [6.45, 7) is 14.8. The van der Waals surface area contributed by atoms with Crippen molar-refractivity contribution in [1.29, 1.82) is 0 Å². The summed E-state index contributed by atoms with van der Waals surface area (Å²) in [6, 6.07) is 0. The van der Waals surface area contributed by atoms with Gasteiger partial charge < -0.3 is 5.11 Å². The number of hydrogen-bond donors (Lipinski definition) is 1. The number of carboxylic acids is 1. The van der Waals surface area contributed by atoms with Gasteiger partial charge in [0.05, 0.1) is 5.92 Å². The third-order valence-corrected chi connectivity index (χ3v) is 3.52. The molecule has 0 aromatic rings. The smallest absolute Gasteiger partial charge is 0.307 e. The van der Waals surface area contributed by atoms with Crippen molar-refractivity contribution >= 4 is 5.97 Å². The van der Waals surface area contributed by atoms with E-state index in [1.165, 1.54) is 0 Å². The number of hydrogen-bond acceptors (Lipinski definition) is 1. The highest BCUT2D eigenvalue weighted by Gasteiger charge is 2.38. The van der Waals surface area contributed by atoms with E-state index in [0.29, 0.717) is 0 Å². The number of rotatable bonds is 5. The molecule has 0 heterocycles. The van der Waals surface area contributed by atoms with Gasteiger partial charge in [0.25, 0.3) is 0 Å². The Morgan fingerprint density at radius 1 is 1.19 bits per heavy atom. The average Bonchev–Trinajstić information content (AvgIpc) is 1.98. The van der Waals surface area contributed by atoms with E-state index < -0.39 is 5.97 Å². The topological polar surface area (TPSA) is 37.3 Å². The molecule has 96 valence electrons. The molecule has 1 N–H and O–H groups in total. The molecule has 0 saturated heterocycles. The lowest BCUT2D eigenvalue weighted by molar-refractivity contribution is -0.149. The maximum Gasteiger partial charge on any atom is 0.307 e. The second kappa shape index (κ2) is 5.20. The maximum absolute atomic E-state index is 11.4. The van der Waals surface area contributed by atoms with Crippen molar-refractivity contribution in [2.75, 3.05) is 0 Å². The molecule has 0 bridgehead atoms. The molecule has 2 nitrogen and oxygen atoms in total. The lowest BCUT2D eigenvalue weighted by atomic mass is 9.67. The summed E-state index contributed by atoms with van der Waals surface area (Å²) in [6.07, 6.45) is 1.85. The van der Waals surface area contributed by atoms with E-state index in [4.69, 9.17) is 0 Å². The monoisotopic (exact) mass is 228 g/mol. The molecule has 2 atom stereocenters. The van der Waals surface area contributed by atoms with Crippen LogP contribution in [0.4, 0.5) is 0 Å². The van der Waals surface area contributed by atoms with Crippen LogP contribution in [0.3, 0.4) is 0 Å². The molecule has 2 unspecified atom stereocenters. The lowest BCUT2D eigenvalue weighted by Crippen LogP contribution is -2.37. The summed E-state index contributed by atoms with van der Waals surface area (Å²) >= 11 is 0. The molecule has 16 heavy (non-hydrogen) atoms. The Balaban J connectivity index is 4.87. The van der Waals surface area contributed by atoms with Crippen LogP contribution < -0.4 is 0 Å². The summed E-state index contributed by atoms with van der Waals surface area (Å²) in [5.74, 6) is -0.687. The second-order valence-corrected chi connectivity index (χ2v) is 6.90. The van der Waals surface area contributed by atoms with Gasteiger partial charge in [-0.3, -0.25) is 4.79 Å². The third kappa shape index (κ3) is 4.54. The van der Waals surface area contributed by atoms with Gasteiger partial charge in [-0.2, -0.15) is 0 Å². The minimum Gasteiger partial charge on any atom is -0.481 e. The number of carboxylic acid groups (broad SMARTS) is 1. The summed E-state index contributed by atoms with van der Waals surface area (Å²) in [4.78, 5) is 11.4. The molecule has 0 aliphatic carbocycles. The van der Waals surface area contributed by atoms with E-state index in [2.05, 4.69) is 48.5 Å². The normalized spacial score (nSPS) is 16.9. The van der Waals surface area contributed by atoms with Crippen molar-refractivity contribution < 1.29 is 9.90 Å². The summed E-state index contributed by atoms with van der Waals surface area (Å²) in [7, 11) is 0. The molecule has 0 amide bonds. The van der Waals surface area contributed by atoms with E-state index in [-0.39, 0.29) is 22.7 Å². The standard InChI is InChI=1S/C14H28O2/c1-8-14(6,7)11(12(15)16)10(2)9-13(3,4)5/h10-11H,8-9H2,1-7H3,(H,15,16). The third-order valence-electron chi connectivity index (χ3n) is 3.52. The van der Waals surface area contributed by atoms with Crippen molar-refractivity contribution in [2.24, 2.45) is 22.7 Å². The van der Waals surface area contributed by atoms with Gasteiger partial charge in [0.15, 0.2) is 0 Å². The molecule has 0 spiro atoms. The number of aliphatic carboxylic acids is 1. The van der Waals surface area contributed by atoms with Crippen LogP contribution in [0.1, 0.15) is 61.3 Å². The van der Waals surface area contributed by atoms with Gasteiger partial charge >= 0.3 is 5.97 Å². The van der Waals surface area contributed by atoms with Crippen LogP contribution in [0.2, 0.25) is 0 Å². The summed E-state index contributed by atoms with van der Waals surface area (Å²) in [5.41, 5.74) is 0.0629. The SMILES string of the molecule is CCC(C)(C)C(C(=O)O)C(C)CC(C)(C)C. The van der Waals surface area contributed by atoms with Crippen molar-refractivity contribution in [2.45, 2.75) is 61.3 Å². The predicted molar refractivity (Wildman–Crippen MR) is 68.4 cm³/mol. The van der Waals surface area contributed by atoms with Crippen LogP contribution in [0.15, 0.2) is 0 Å². The summed E-state index contributed by atoms with van der Waals surface area (Å²) < 4.78 is 0. The zero-order valence-corrected chi connectivity index (χ0v) is 11.9. The average molecular weight is 228 g/mol. The van der Waals surface area contributed by atoms with E-state index in [9.17, 15) is 9.90 Å². The highest BCUT2D eigenvalue weighted by Crippen LogP contribution is 2.40. The van der Waals surface area contributed by atoms with Crippen molar-refractivity contribution in [1.82, 2.24) is 0 Å². The van der Waals surface area contributed by atoms with Crippen molar-refractivity contribution in [3.8, 4) is 0 Å². The van der Waals surface area contributed by atoms with Crippen LogP contribution in [0.25, 0.3) is 0 Å². The Kier molecular flexibility index (Phi) is 5.03. The number of carbonyl (C=O) groups is 1. The fourth-order valence-corrected chi connectivity index (χ4v) is 2.65. The first-order valence-electron chi connectivity index (χ1n) is 6.24. The molecule has 0 saturated carbocycles. The Hall–Kier alpha value is -0.530. The first-order valence-corrected chi connectivity index (χ1v) is 6.24. The van der Waals surface area contributed by atoms with E-state index >= 15 is 0 Å². The van der Waals surface area contributed by atoms with Gasteiger partial charge in [-0.1, -0.05) is 54.9 Å². The van der Waals surface area contributed by atoms with E-state index in [0.717, 1.165) is 12.8 Å². The van der Waals surface area contributed by atoms with Crippen LogP contribution in [0.5, 0.6) is 0 Å². The molecular weight excluding hydrogens is 200 g/mol. The first kappa shape index (κ1) is 15.5. The largest absolute Gasteiger partial charge is 0.481 e. The molecule has 2 heteroatoms. The van der Waals surface area contributed by atoms with Gasteiger partial charge in [-0.05, 0) is 23.2 Å². The van der Waals surface area contributed by atoms with E-state index in [1.54, 1.807) is 0 Å². The zero-order valence-electron chi connectivity index (χ0n) is 11.9. The molecule has 0 aliphatic rings. The Labute approximate surface area is 100 Å². The maximum atomic E-state index is 11.4. The molecule has 0 radical (unpaired) electrons. The first-order chi connectivity index (χ1) is 7.01. The minimum absolute atomic E-state index is 0.128. The zero-order chi connectivity index (χ0) is 13.1. The highest BCUT2D eigenvalue weighted by atomic mass is 16.4. The molecule has 0 rings (SSSR count). The minimum atomic E-state index is -0.649. The van der Waals surface area contributed by atoms with Gasteiger partial charge in [0.1, 0.15) is 0 Å². The van der Waals surface area contributed by atoms with Crippen LogP contribution in [-0.4, -0.2) is 11.1 Å². The van der Waals surface area contributed by atoms with Crippen LogP contribution in [-0.2, 0) is 4.79 Å². The molecular formula is C14H28O2. The van der Waals surface area contributed by atoms with E-state index in [1.807, 2.05) is 0 Å². The van der Waals surface area contributed by atoms with Crippen LogP contribution >= 0.6 is 0 Å². The molecule has 0 aromatic heterocycles. The Bertz CT molecular complexity index is 236. The highest BCUT2D eigenvalue weighted by molar-refractivity contribution is 5.71. The van der Waals surface area contributed by atoms with Crippen molar-refractivity contribution in [3.05, 3.63) is 0 Å². The fourth-order valence-electron chi connectivity index (χ4n) is 2.65. The van der Waals surface area contributed by atoms with Crippen molar-refractivity contribution in [3.63, 3.8) is 0 Å². The second-order valence-electron chi connectivity index (χ2n) is 6.90. The quantitative estimate of drug-likeness (QED) is 0.766. The van der Waals surface area contributed by atoms with Crippen LogP contribution in [0, 0.1) is 22.7 Å². The Morgan fingerprint density at radius 2 is 1.62 bits per heavy atom. The Morgan fingerprint density at radius 3 is 1.88 bits per heavy atom. The van der Waals surface area contributed by atoms with Gasteiger partial charge in [0, 0.05) is 0 Å². The predicted octanol–water partition coefficient (Wildman–Crippen LogP) is 4.20. The molecule has 0 aliphatic heterocycles. The van der Waals surface area contributed by atoms with Gasteiger partial charge in [-0.15, -0.1) is 0 Å². The molecule has 0 aromatic carbocycles.